The van der Waals surface area contributed by atoms with E-state index < -0.39 is 5.60 Å². The van der Waals surface area contributed by atoms with Crippen LogP contribution in [0.5, 0.6) is 5.75 Å². The summed E-state index contributed by atoms with van der Waals surface area (Å²) in [6.07, 6.45) is 1.70. The van der Waals surface area contributed by atoms with E-state index in [2.05, 4.69) is 11.0 Å². The van der Waals surface area contributed by atoms with Gasteiger partial charge in [-0.15, -0.1) is 12.4 Å². The van der Waals surface area contributed by atoms with Crippen LogP contribution in [0.25, 0.3) is 0 Å². The minimum absolute atomic E-state index is 0. The lowest BCUT2D eigenvalue weighted by molar-refractivity contribution is -0.0382. The minimum Gasteiger partial charge on any atom is -0.497 e. The monoisotopic (exact) mass is 358 g/mol. The maximum atomic E-state index is 11.2. The zero-order chi connectivity index (χ0) is 17.0. The number of aliphatic hydroxyl groups is 1. The van der Waals surface area contributed by atoms with E-state index in [1.807, 2.05) is 48.5 Å². The van der Waals surface area contributed by atoms with Crippen molar-refractivity contribution in [1.82, 2.24) is 4.90 Å². The Morgan fingerprint density at radius 2 is 2.00 bits per heavy atom. The molecule has 1 N–H and O–H groups in total. The first-order chi connectivity index (χ1) is 11.6. The Labute approximate surface area is 155 Å². The molecule has 5 heteroatoms. The summed E-state index contributed by atoms with van der Waals surface area (Å²) in [5.41, 5.74) is 1.89. The van der Waals surface area contributed by atoms with Crippen LogP contribution in [0.2, 0.25) is 0 Å². The summed E-state index contributed by atoms with van der Waals surface area (Å²) in [7, 11) is 1.64. The molecule has 3 rings (SSSR count). The lowest BCUT2D eigenvalue weighted by Gasteiger charge is -2.39. The van der Waals surface area contributed by atoms with Gasteiger partial charge in [-0.3, -0.25) is 4.90 Å². The fourth-order valence-electron chi connectivity index (χ4n) is 3.35. The van der Waals surface area contributed by atoms with E-state index in [0.29, 0.717) is 12.1 Å². The van der Waals surface area contributed by atoms with Crippen LogP contribution in [0.15, 0.2) is 48.5 Å². The number of nitrogens with zero attached hydrogens (tertiary/aromatic N) is 2. The first-order valence-electron chi connectivity index (χ1n) is 8.21. The lowest BCUT2D eigenvalue weighted by Crippen LogP contribution is -2.45. The third kappa shape index (κ3) is 4.52. The predicted molar refractivity (Wildman–Crippen MR) is 99.8 cm³/mol. The van der Waals surface area contributed by atoms with Gasteiger partial charge in [0, 0.05) is 13.1 Å². The number of methoxy groups -OCH3 is 1. The highest BCUT2D eigenvalue weighted by molar-refractivity contribution is 5.85. The van der Waals surface area contributed by atoms with Crippen molar-refractivity contribution in [3.63, 3.8) is 0 Å². The van der Waals surface area contributed by atoms with Gasteiger partial charge in [-0.25, -0.2) is 0 Å². The maximum Gasteiger partial charge on any atom is 0.119 e. The van der Waals surface area contributed by atoms with E-state index in [9.17, 15) is 5.11 Å². The molecule has 1 unspecified atom stereocenters. The molecule has 1 heterocycles. The summed E-state index contributed by atoms with van der Waals surface area (Å²) >= 11 is 0. The lowest BCUT2D eigenvalue weighted by atomic mass is 9.85. The zero-order valence-corrected chi connectivity index (χ0v) is 15.1. The second-order valence-electron chi connectivity index (χ2n) is 6.39. The molecule has 1 aliphatic rings. The molecule has 0 saturated carbocycles. The average molecular weight is 359 g/mol. The van der Waals surface area contributed by atoms with Crippen molar-refractivity contribution in [3.05, 3.63) is 65.2 Å². The van der Waals surface area contributed by atoms with Gasteiger partial charge in [-0.1, -0.05) is 24.3 Å². The molecule has 2 aromatic carbocycles. The van der Waals surface area contributed by atoms with E-state index in [-0.39, 0.29) is 12.4 Å². The SMILES string of the molecule is COc1cccc(C2(O)CCCN(Cc3ccc(C#N)cc3)C2)c1.Cl. The van der Waals surface area contributed by atoms with Crippen LogP contribution in [0.4, 0.5) is 0 Å². The Bertz CT molecular complexity index is 742. The topological polar surface area (TPSA) is 56.5 Å². The van der Waals surface area contributed by atoms with Gasteiger partial charge in [0.05, 0.1) is 18.7 Å². The molecular formula is C20H23ClN2O2. The van der Waals surface area contributed by atoms with Gasteiger partial charge in [0.15, 0.2) is 0 Å². The third-order valence-corrected chi connectivity index (χ3v) is 4.65. The first-order valence-corrected chi connectivity index (χ1v) is 8.21. The van der Waals surface area contributed by atoms with Gasteiger partial charge in [0.25, 0.3) is 0 Å². The van der Waals surface area contributed by atoms with Crippen molar-refractivity contribution in [3.8, 4) is 11.8 Å². The smallest absolute Gasteiger partial charge is 0.119 e. The molecule has 1 fully saturated rings. The van der Waals surface area contributed by atoms with Crippen molar-refractivity contribution >= 4 is 12.4 Å². The molecular weight excluding hydrogens is 336 g/mol. The molecule has 1 atom stereocenters. The fraction of sp³-hybridized carbons (Fsp3) is 0.350. The number of piperidine rings is 1. The zero-order valence-electron chi connectivity index (χ0n) is 14.3. The number of hydrogen-bond donors (Lipinski definition) is 1. The molecule has 0 aliphatic carbocycles. The highest BCUT2D eigenvalue weighted by atomic mass is 35.5. The number of hydrogen-bond acceptors (Lipinski definition) is 4. The van der Waals surface area contributed by atoms with Crippen LogP contribution in [0, 0.1) is 11.3 Å². The quantitative estimate of drug-likeness (QED) is 0.909. The van der Waals surface area contributed by atoms with Gasteiger partial charge < -0.3 is 9.84 Å². The number of β-amino-alcohol motifs (C(OH)–C–C–N with tert-alkyl or cyclic N) is 1. The maximum absolute atomic E-state index is 11.2. The molecule has 0 bridgehead atoms. The summed E-state index contributed by atoms with van der Waals surface area (Å²) in [6, 6.07) is 17.5. The molecule has 1 saturated heterocycles. The van der Waals surface area contributed by atoms with Gasteiger partial charge >= 0.3 is 0 Å². The molecule has 25 heavy (non-hydrogen) atoms. The van der Waals surface area contributed by atoms with Crippen LogP contribution in [-0.2, 0) is 12.1 Å². The van der Waals surface area contributed by atoms with Crippen LogP contribution < -0.4 is 4.74 Å². The van der Waals surface area contributed by atoms with E-state index >= 15 is 0 Å². The number of ether oxygens (including phenoxy) is 1. The van der Waals surface area contributed by atoms with Crippen molar-refractivity contribution in [1.29, 1.82) is 5.26 Å². The Hall–Kier alpha value is -2.06. The largest absolute Gasteiger partial charge is 0.497 e. The number of halogens is 1. The summed E-state index contributed by atoms with van der Waals surface area (Å²) in [4.78, 5) is 2.27. The molecule has 4 nitrogen and oxygen atoms in total. The highest BCUT2D eigenvalue weighted by Crippen LogP contribution is 2.33. The molecule has 0 amide bonds. The summed E-state index contributed by atoms with van der Waals surface area (Å²) in [6.45, 7) is 2.34. The molecule has 132 valence electrons. The van der Waals surface area contributed by atoms with Crippen LogP contribution in [0.3, 0.4) is 0 Å². The summed E-state index contributed by atoms with van der Waals surface area (Å²) in [5.74, 6) is 0.769. The summed E-state index contributed by atoms with van der Waals surface area (Å²) < 4.78 is 5.28. The fourth-order valence-corrected chi connectivity index (χ4v) is 3.35. The molecule has 2 aromatic rings. The highest BCUT2D eigenvalue weighted by Gasteiger charge is 2.35. The van der Waals surface area contributed by atoms with Crippen LogP contribution >= 0.6 is 12.4 Å². The number of benzene rings is 2. The third-order valence-electron chi connectivity index (χ3n) is 4.65. The van der Waals surface area contributed by atoms with Crippen molar-refractivity contribution in [2.45, 2.75) is 25.0 Å². The standard InChI is InChI=1S/C20H22N2O2.ClH/c1-24-19-5-2-4-18(12-19)20(23)10-3-11-22(15-20)14-17-8-6-16(13-21)7-9-17;/h2,4-9,12,23H,3,10-11,14-15H2,1H3;1H. The van der Waals surface area contributed by atoms with Crippen molar-refractivity contribution < 1.29 is 9.84 Å². The minimum atomic E-state index is -0.848. The molecule has 1 aliphatic heterocycles. The number of likely N-dealkylation sites (tertiary alicyclic amines) is 1. The number of nitriles is 1. The number of rotatable bonds is 4. The summed E-state index contributed by atoms with van der Waals surface area (Å²) in [5, 5.41) is 20.0. The normalized spacial score (nSPS) is 20.4. The van der Waals surface area contributed by atoms with Gasteiger partial charge in [-0.05, 0) is 54.8 Å². The molecule has 0 radical (unpaired) electrons. The molecule has 0 spiro atoms. The van der Waals surface area contributed by atoms with Gasteiger partial charge in [0.2, 0.25) is 0 Å². The van der Waals surface area contributed by atoms with Gasteiger partial charge in [-0.2, -0.15) is 5.26 Å². The van der Waals surface area contributed by atoms with E-state index in [1.54, 1.807) is 7.11 Å². The average Bonchev–Trinajstić information content (AvgIpc) is 2.62. The van der Waals surface area contributed by atoms with E-state index in [1.165, 1.54) is 0 Å². The van der Waals surface area contributed by atoms with E-state index in [4.69, 9.17) is 10.00 Å². The Morgan fingerprint density at radius 1 is 1.24 bits per heavy atom. The Morgan fingerprint density at radius 3 is 2.68 bits per heavy atom. The van der Waals surface area contributed by atoms with E-state index in [0.717, 1.165) is 42.8 Å². The predicted octanol–water partition coefficient (Wildman–Crippen LogP) is 3.47. The van der Waals surface area contributed by atoms with Crippen molar-refractivity contribution in [2.24, 2.45) is 0 Å². The second kappa shape index (κ2) is 8.35. The first kappa shape index (κ1) is 19.3. The Balaban J connectivity index is 0.00000225. The van der Waals surface area contributed by atoms with Gasteiger partial charge in [0.1, 0.15) is 11.4 Å². The van der Waals surface area contributed by atoms with Crippen LogP contribution in [-0.4, -0.2) is 30.2 Å². The second-order valence-corrected chi connectivity index (χ2v) is 6.39. The van der Waals surface area contributed by atoms with Crippen LogP contribution in [0.1, 0.15) is 29.5 Å². The Kier molecular flexibility index (Phi) is 6.44. The molecule has 0 aromatic heterocycles. The van der Waals surface area contributed by atoms with Crippen molar-refractivity contribution in [2.75, 3.05) is 20.2 Å².